The van der Waals surface area contributed by atoms with Gasteiger partial charge in [-0.25, -0.2) is 0 Å². The molecule has 0 heterocycles. The summed E-state index contributed by atoms with van der Waals surface area (Å²) in [6, 6.07) is 4.88. The Balaban J connectivity index is 2.85. The second-order valence-corrected chi connectivity index (χ2v) is 5.33. The van der Waals surface area contributed by atoms with Crippen LogP contribution in [0, 0.1) is 12.8 Å². The number of nitrogens with one attached hydrogen (secondary N) is 2. The highest BCUT2D eigenvalue weighted by Gasteiger charge is 2.20. The standard InChI is InChI=1S/C16H25N3O2/c1-5-10(3)15(17)16(21)19-13-9-12(8-7-11(13)4)18-14(20)6-2/h7-10,15H,5-6,17H2,1-4H3,(H,18,20)(H,19,21)/t10-,15-/m0/s1. The van der Waals surface area contributed by atoms with Gasteiger partial charge in [0.2, 0.25) is 11.8 Å². The van der Waals surface area contributed by atoms with Crippen molar-refractivity contribution in [2.45, 2.75) is 46.6 Å². The van der Waals surface area contributed by atoms with E-state index in [2.05, 4.69) is 10.6 Å². The van der Waals surface area contributed by atoms with Crippen LogP contribution in [0.2, 0.25) is 0 Å². The molecule has 0 unspecified atom stereocenters. The second kappa shape index (κ2) is 7.78. The molecule has 0 saturated carbocycles. The van der Waals surface area contributed by atoms with E-state index in [1.165, 1.54) is 0 Å². The first kappa shape index (κ1) is 17.2. The van der Waals surface area contributed by atoms with Crippen molar-refractivity contribution in [3.8, 4) is 0 Å². The van der Waals surface area contributed by atoms with E-state index in [4.69, 9.17) is 5.73 Å². The number of hydrogen-bond acceptors (Lipinski definition) is 3. The Bertz CT molecular complexity index is 514. The molecule has 1 aromatic rings. The summed E-state index contributed by atoms with van der Waals surface area (Å²) in [5, 5.41) is 5.62. The highest BCUT2D eigenvalue weighted by atomic mass is 16.2. The Morgan fingerprint density at radius 2 is 1.90 bits per heavy atom. The van der Waals surface area contributed by atoms with Gasteiger partial charge in [-0.3, -0.25) is 9.59 Å². The molecule has 0 aliphatic heterocycles. The van der Waals surface area contributed by atoms with Crippen LogP contribution in [0.5, 0.6) is 0 Å². The number of carbonyl (C=O) groups is 2. The van der Waals surface area contributed by atoms with E-state index >= 15 is 0 Å². The predicted molar refractivity (Wildman–Crippen MR) is 86.2 cm³/mol. The summed E-state index contributed by atoms with van der Waals surface area (Å²) in [7, 11) is 0. The third-order valence-electron chi connectivity index (χ3n) is 3.66. The Morgan fingerprint density at radius 3 is 2.48 bits per heavy atom. The van der Waals surface area contributed by atoms with Gasteiger partial charge in [-0.2, -0.15) is 0 Å². The molecule has 1 aromatic carbocycles. The number of amides is 2. The van der Waals surface area contributed by atoms with Crippen molar-refractivity contribution in [2.75, 3.05) is 10.6 Å². The van der Waals surface area contributed by atoms with Crippen molar-refractivity contribution >= 4 is 23.2 Å². The van der Waals surface area contributed by atoms with Crippen molar-refractivity contribution in [2.24, 2.45) is 11.7 Å². The summed E-state index contributed by atoms with van der Waals surface area (Å²) in [4.78, 5) is 23.5. The number of anilines is 2. The summed E-state index contributed by atoms with van der Waals surface area (Å²) in [5.41, 5.74) is 8.19. The van der Waals surface area contributed by atoms with Crippen molar-refractivity contribution in [1.82, 2.24) is 0 Å². The van der Waals surface area contributed by atoms with Gasteiger partial charge in [0.1, 0.15) is 0 Å². The topological polar surface area (TPSA) is 84.2 Å². The van der Waals surface area contributed by atoms with Gasteiger partial charge in [0, 0.05) is 17.8 Å². The van der Waals surface area contributed by atoms with E-state index in [1.807, 2.05) is 32.9 Å². The Morgan fingerprint density at radius 1 is 1.24 bits per heavy atom. The number of aryl methyl sites for hydroxylation is 1. The number of rotatable bonds is 6. The smallest absolute Gasteiger partial charge is 0.241 e. The number of carbonyl (C=O) groups excluding carboxylic acids is 2. The lowest BCUT2D eigenvalue weighted by Crippen LogP contribution is -2.40. The minimum absolute atomic E-state index is 0.0626. The first-order valence-electron chi connectivity index (χ1n) is 7.35. The SMILES string of the molecule is CCC(=O)Nc1ccc(C)c(NC(=O)[C@@H](N)[C@@H](C)CC)c1. The first-order chi connectivity index (χ1) is 9.88. The van der Waals surface area contributed by atoms with Crippen LogP contribution in [-0.4, -0.2) is 17.9 Å². The maximum absolute atomic E-state index is 12.1. The molecule has 2 atom stereocenters. The van der Waals surface area contributed by atoms with E-state index in [9.17, 15) is 9.59 Å². The summed E-state index contributed by atoms with van der Waals surface area (Å²) in [5.74, 6) is -0.146. The monoisotopic (exact) mass is 291 g/mol. The van der Waals surface area contributed by atoms with Gasteiger partial charge in [-0.15, -0.1) is 0 Å². The molecule has 1 rings (SSSR count). The van der Waals surface area contributed by atoms with Crippen molar-refractivity contribution in [3.63, 3.8) is 0 Å². The number of nitrogens with two attached hydrogens (primary N) is 1. The van der Waals surface area contributed by atoms with E-state index in [-0.39, 0.29) is 17.7 Å². The van der Waals surface area contributed by atoms with Gasteiger partial charge in [0.05, 0.1) is 6.04 Å². The zero-order chi connectivity index (χ0) is 16.0. The van der Waals surface area contributed by atoms with E-state index in [0.29, 0.717) is 17.8 Å². The summed E-state index contributed by atoms with van der Waals surface area (Å²) in [6.07, 6.45) is 1.26. The van der Waals surface area contributed by atoms with Crippen LogP contribution < -0.4 is 16.4 Å². The Labute approximate surface area is 126 Å². The lowest BCUT2D eigenvalue weighted by Gasteiger charge is -2.19. The predicted octanol–water partition coefficient (Wildman–Crippen LogP) is 2.66. The lowest BCUT2D eigenvalue weighted by molar-refractivity contribution is -0.118. The zero-order valence-electron chi connectivity index (χ0n) is 13.2. The molecule has 0 fully saturated rings. The minimum Gasteiger partial charge on any atom is -0.326 e. The molecule has 21 heavy (non-hydrogen) atoms. The molecule has 2 amide bonds. The maximum Gasteiger partial charge on any atom is 0.241 e. The fraction of sp³-hybridized carbons (Fsp3) is 0.500. The average Bonchev–Trinajstić information content (AvgIpc) is 2.48. The quantitative estimate of drug-likeness (QED) is 0.753. The maximum atomic E-state index is 12.1. The molecule has 0 aromatic heterocycles. The molecule has 5 nitrogen and oxygen atoms in total. The fourth-order valence-electron chi connectivity index (χ4n) is 1.81. The zero-order valence-corrected chi connectivity index (χ0v) is 13.2. The second-order valence-electron chi connectivity index (χ2n) is 5.33. The summed E-state index contributed by atoms with van der Waals surface area (Å²) in [6.45, 7) is 7.64. The van der Waals surface area contributed by atoms with E-state index < -0.39 is 6.04 Å². The highest BCUT2D eigenvalue weighted by Crippen LogP contribution is 2.21. The third kappa shape index (κ3) is 4.86. The first-order valence-corrected chi connectivity index (χ1v) is 7.35. The van der Waals surface area contributed by atoms with Crippen molar-refractivity contribution in [3.05, 3.63) is 23.8 Å². The van der Waals surface area contributed by atoms with Crippen molar-refractivity contribution < 1.29 is 9.59 Å². The Kier molecular flexibility index (Phi) is 6.37. The average molecular weight is 291 g/mol. The van der Waals surface area contributed by atoms with Gasteiger partial charge >= 0.3 is 0 Å². The van der Waals surface area contributed by atoms with Crippen LogP contribution in [0.25, 0.3) is 0 Å². The molecule has 0 radical (unpaired) electrons. The molecular formula is C16H25N3O2. The van der Waals surface area contributed by atoms with Gasteiger partial charge in [0.15, 0.2) is 0 Å². The van der Waals surface area contributed by atoms with Crippen LogP contribution >= 0.6 is 0 Å². The van der Waals surface area contributed by atoms with Crippen LogP contribution in [0.4, 0.5) is 11.4 Å². The third-order valence-corrected chi connectivity index (χ3v) is 3.66. The molecule has 0 aliphatic carbocycles. The van der Waals surface area contributed by atoms with Crippen LogP contribution in [-0.2, 0) is 9.59 Å². The van der Waals surface area contributed by atoms with Crippen LogP contribution in [0.3, 0.4) is 0 Å². The highest BCUT2D eigenvalue weighted by molar-refractivity contribution is 5.97. The number of hydrogen-bond donors (Lipinski definition) is 3. The number of benzene rings is 1. The van der Waals surface area contributed by atoms with Gasteiger partial charge in [-0.1, -0.05) is 33.3 Å². The summed E-state index contributed by atoms with van der Waals surface area (Å²) < 4.78 is 0. The molecule has 0 bridgehead atoms. The molecule has 0 saturated heterocycles. The molecule has 0 aliphatic rings. The van der Waals surface area contributed by atoms with Crippen LogP contribution in [0.1, 0.15) is 39.2 Å². The molecule has 5 heteroatoms. The van der Waals surface area contributed by atoms with Gasteiger partial charge in [-0.05, 0) is 30.5 Å². The molecular weight excluding hydrogens is 266 g/mol. The normalized spacial score (nSPS) is 13.4. The lowest BCUT2D eigenvalue weighted by atomic mass is 9.99. The van der Waals surface area contributed by atoms with Crippen molar-refractivity contribution in [1.29, 1.82) is 0 Å². The van der Waals surface area contributed by atoms with Gasteiger partial charge < -0.3 is 16.4 Å². The largest absolute Gasteiger partial charge is 0.326 e. The van der Waals surface area contributed by atoms with E-state index in [0.717, 1.165) is 12.0 Å². The van der Waals surface area contributed by atoms with Gasteiger partial charge in [0.25, 0.3) is 0 Å². The Hall–Kier alpha value is -1.88. The van der Waals surface area contributed by atoms with E-state index in [1.54, 1.807) is 13.0 Å². The minimum atomic E-state index is -0.539. The van der Waals surface area contributed by atoms with Crippen LogP contribution in [0.15, 0.2) is 18.2 Å². The molecule has 4 N–H and O–H groups in total. The molecule has 116 valence electrons. The fourth-order valence-corrected chi connectivity index (χ4v) is 1.81. The summed E-state index contributed by atoms with van der Waals surface area (Å²) >= 11 is 0. The molecule has 0 spiro atoms.